The van der Waals surface area contributed by atoms with Crippen molar-refractivity contribution in [3.8, 4) is 0 Å². The molecule has 0 aliphatic carbocycles. The van der Waals surface area contributed by atoms with E-state index in [1.54, 1.807) is 50.2 Å². The highest BCUT2D eigenvalue weighted by Crippen LogP contribution is 2.28. The number of carbonyl (C=O) groups excluding carboxylic acids is 1. The number of H-pyrrole nitrogens is 1. The first kappa shape index (κ1) is 24.4. The van der Waals surface area contributed by atoms with Crippen molar-refractivity contribution in [3.63, 3.8) is 0 Å². The molecule has 2 aromatic heterocycles. The molecule has 34 heavy (non-hydrogen) atoms. The van der Waals surface area contributed by atoms with Crippen LogP contribution < -0.4 is 5.32 Å². The minimum atomic E-state index is -3.60. The second-order valence-corrected chi connectivity index (χ2v) is 10.8. The van der Waals surface area contributed by atoms with Crippen molar-refractivity contribution in [1.82, 2.24) is 24.5 Å². The smallest absolute Gasteiger partial charge is 0.243 e. The van der Waals surface area contributed by atoms with E-state index in [0.717, 1.165) is 17.3 Å². The van der Waals surface area contributed by atoms with E-state index in [1.807, 2.05) is 6.92 Å². The standard InChI is InChI=1S/C22H23ClN6O3S2/c1-4-29(5-2)34(31,32)14-9-10-18-15(11-14)20-21(25-18)26-22(28-27-20)33-12-19(30)24-17-8-6-7-16(23)13(17)3/h6-11H,4-5,12H2,1-3H3,(H,24,30)(H,25,26,28). The Kier molecular flexibility index (Phi) is 7.08. The summed E-state index contributed by atoms with van der Waals surface area (Å²) in [5.41, 5.74) is 3.08. The molecule has 0 fully saturated rings. The van der Waals surface area contributed by atoms with Gasteiger partial charge in [0.25, 0.3) is 0 Å². The molecule has 12 heteroatoms. The van der Waals surface area contributed by atoms with Gasteiger partial charge in [-0.3, -0.25) is 4.79 Å². The molecule has 2 aromatic carbocycles. The normalized spacial score (nSPS) is 12.0. The monoisotopic (exact) mass is 518 g/mol. The summed E-state index contributed by atoms with van der Waals surface area (Å²) in [5, 5.41) is 12.7. The maximum absolute atomic E-state index is 12.9. The number of anilines is 1. The quantitative estimate of drug-likeness (QED) is 0.335. The molecule has 178 valence electrons. The van der Waals surface area contributed by atoms with Crippen LogP contribution >= 0.6 is 23.4 Å². The van der Waals surface area contributed by atoms with Crippen LogP contribution in [0.4, 0.5) is 5.69 Å². The van der Waals surface area contributed by atoms with E-state index in [0.29, 0.717) is 51.0 Å². The number of nitrogens with zero attached hydrogens (tertiary/aromatic N) is 4. The van der Waals surface area contributed by atoms with Crippen molar-refractivity contribution in [1.29, 1.82) is 0 Å². The van der Waals surface area contributed by atoms with Gasteiger partial charge in [-0.05, 0) is 42.8 Å². The van der Waals surface area contributed by atoms with Gasteiger partial charge in [0, 0.05) is 34.7 Å². The molecule has 2 heterocycles. The molecule has 0 unspecified atom stereocenters. The first-order valence-electron chi connectivity index (χ1n) is 10.6. The highest BCUT2D eigenvalue weighted by Gasteiger charge is 2.23. The Hall–Kier alpha value is -2.73. The summed E-state index contributed by atoms with van der Waals surface area (Å²) in [4.78, 5) is 20.2. The number of hydrogen-bond acceptors (Lipinski definition) is 7. The van der Waals surface area contributed by atoms with Crippen LogP contribution in [-0.2, 0) is 14.8 Å². The molecule has 4 aromatic rings. The van der Waals surface area contributed by atoms with Crippen LogP contribution in [0.15, 0.2) is 46.5 Å². The fourth-order valence-corrected chi connectivity index (χ4v) is 5.78. The molecule has 0 spiro atoms. The number of sulfonamides is 1. The van der Waals surface area contributed by atoms with Crippen molar-refractivity contribution in [2.24, 2.45) is 0 Å². The third-order valence-corrected chi connectivity index (χ3v) is 8.68. The predicted molar refractivity (Wildman–Crippen MR) is 135 cm³/mol. The van der Waals surface area contributed by atoms with Crippen LogP contribution in [0, 0.1) is 6.92 Å². The van der Waals surface area contributed by atoms with E-state index in [-0.39, 0.29) is 16.6 Å². The van der Waals surface area contributed by atoms with Gasteiger partial charge in [0.2, 0.25) is 21.1 Å². The maximum atomic E-state index is 12.9. The molecule has 4 rings (SSSR count). The Bertz CT molecular complexity index is 1490. The third-order valence-electron chi connectivity index (χ3n) is 5.38. The van der Waals surface area contributed by atoms with Gasteiger partial charge in [-0.2, -0.15) is 4.31 Å². The number of fused-ring (bicyclic) bond motifs is 3. The number of carbonyl (C=O) groups is 1. The summed E-state index contributed by atoms with van der Waals surface area (Å²) in [7, 11) is -3.60. The van der Waals surface area contributed by atoms with E-state index < -0.39 is 10.0 Å². The average molecular weight is 519 g/mol. The van der Waals surface area contributed by atoms with Crippen molar-refractivity contribution >= 4 is 67.0 Å². The maximum Gasteiger partial charge on any atom is 0.243 e. The minimum absolute atomic E-state index is 0.0889. The van der Waals surface area contributed by atoms with Gasteiger partial charge in [0.15, 0.2) is 5.65 Å². The zero-order valence-corrected chi connectivity index (χ0v) is 21.2. The summed E-state index contributed by atoms with van der Waals surface area (Å²) in [5.74, 6) is -0.131. The molecule has 0 radical (unpaired) electrons. The Balaban J connectivity index is 1.54. The number of benzene rings is 2. The Morgan fingerprint density at radius 2 is 1.94 bits per heavy atom. The van der Waals surface area contributed by atoms with Gasteiger partial charge < -0.3 is 10.3 Å². The summed E-state index contributed by atoms with van der Waals surface area (Å²) >= 11 is 7.25. The number of aromatic amines is 1. The number of hydrogen-bond donors (Lipinski definition) is 2. The van der Waals surface area contributed by atoms with E-state index in [4.69, 9.17) is 11.6 Å². The lowest BCUT2D eigenvalue weighted by molar-refractivity contribution is -0.113. The first-order chi connectivity index (χ1) is 16.2. The molecule has 0 atom stereocenters. The van der Waals surface area contributed by atoms with Crippen LogP contribution in [0.2, 0.25) is 5.02 Å². The second kappa shape index (κ2) is 9.87. The van der Waals surface area contributed by atoms with E-state index >= 15 is 0 Å². The largest absolute Gasteiger partial charge is 0.338 e. The van der Waals surface area contributed by atoms with Crippen molar-refractivity contribution in [2.45, 2.75) is 30.8 Å². The summed E-state index contributed by atoms with van der Waals surface area (Å²) in [6.07, 6.45) is 0. The van der Waals surface area contributed by atoms with Crippen LogP contribution in [0.3, 0.4) is 0 Å². The lowest BCUT2D eigenvalue weighted by Crippen LogP contribution is -2.30. The number of thioether (sulfide) groups is 1. The van der Waals surface area contributed by atoms with Crippen molar-refractivity contribution < 1.29 is 13.2 Å². The van der Waals surface area contributed by atoms with Gasteiger partial charge in [-0.25, -0.2) is 13.4 Å². The zero-order valence-electron chi connectivity index (χ0n) is 18.8. The van der Waals surface area contributed by atoms with E-state index in [9.17, 15) is 13.2 Å². The number of nitrogens with one attached hydrogen (secondary N) is 2. The van der Waals surface area contributed by atoms with Crippen LogP contribution in [0.25, 0.3) is 22.1 Å². The first-order valence-corrected chi connectivity index (χ1v) is 13.4. The summed E-state index contributed by atoms with van der Waals surface area (Å²) < 4.78 is 27.2. The molecule has 0 saturated carbocycles. The number of rotatable bonds is 8. The molecule has 0 aliphatic rings. The lowest BCUT2D eigenvalue weighted by Gasteiger charge is -2.18. The number of halogens is 1. The van der Waals surface area contributed by atoms with Crippen molar-refractivity contribution in [2.75, 3.05) is 24.2 Å². The summed E-state index contributed by atoms with van der Waals surface area (Å²) in [6, 6.07) is 10.2. The van der Waals surface area contributed by atoms with Gasteiger partial charge in [-0.1, -0.05) is 43.3 Å². The average Bonchev–Trinajstić information content (AvgIpc) is 3.18. The highest BCUT2D eigenvalue weighted by molar-refractivity contribution is 7.99. The van der Waals surface area contributed by atoms with E-state index in [1.165, 1.54) is 4.31 Å². The Morgan fingerprint density at radius 1 is 1.18 bits per heavy atom. The molecular weight excluding hydrogens is 496 g/mol. The summed E-state index contributed by atoms with van der Waals surface area (Å²) in [6.45, 7) is 6.21. The predicted octanol–water partition coefficient (Wildman–Crippen LogP) is 4.23. The van der Waals surface area contributed by atoms with E-state index in [2.05, 4.69) is 25.5 Å². The van der Waals surface area contributed by atoms with Crippen LogP contribution in [0.5, 0.6) is 0 Å². The van der Waals surface area contributed by atoms with Gasteiger partial charge >= 0.3 is 0 Å². The molecule has 0 bridgehead atoms. The topological polar surface area (TPSA) is 121 Å². The van der Waals surface area contributed by atoms with Gasteiger partial charge in [0.1, 0.15) is 5.52 Å². The van der Waals surface area contributed by atoms with Crippen LogP contribution in [-0.4, -0.2) is 57.6 Å². The fraction of sp³-hybridized carbons (Fsp3) is 0.273. The molecule has 9 nitrogen and oxygen atoms in total. The Morgan fingerprint density at radius 3 is 2.68 bits per heavy atom. The van der Waals surface area contributed by atoms with Crippen molar-refractivity contribution in [3.05, 3.63) is 47.0 Å². The zero-order chi connectivity index (χ0) is 24.5. The molecular formula is C22H23ClN6O3S2. The fourth-order valence-electron chi connectivity index (χ4n) is 3.53. The Labute approximate surface area is 206 Å². The molecule has 2 N–H and O–H groups in total. The SMILES string of the molecule is CCN(CC)S(=O)(=O)c1ccc2[nH]c3nc(SCC(=O)Nc4cccc(Cl)c4C)nnc3c2c1. The minimum Gasteiger partial charge on any atom is -0.338 e. The number of aromatic nitrogens is 4. The molecule has 1 amide bonds. The van der Waals surface area contributed by atoms with Crippen LogP contribution in [0.1, 0.15) is 19.4 Å². The lowest BCUT2D eigenvalue weighted by atomic mass is 10.2. The van der Waals surface area contributed by atoms with Gasteiger partial charge in [-0.15, -0.1) is 10.2 Å². The highest BCUT2D eigenvalue weighted by atomic mass is 35.5. The molecule has 0 aliphatic heterocycles. The van der Waals surface area contributed by atoms with Gasteiger partial charge in [0.05, 0.1) is 10.6 Å². The molecule has 0 saturated heterocycles. The third kappa shape index (κ3) is 4.74. The number of amides is 1. The second-order valence-electron chi connectivity index (χ2n) is 7.46.